The molecular weight excluding hydrogens is 348 g/mol. The van der Waals surface area contributed by atoms with Crippen molar-refractivity contribution in [3.8, 4) is 0 Å². The van der Waals surface area contributed by atoms with Crippen LogP contribution in [-0.4, -0.2) is 38.1 Å². The monoisotopic (exact) mass is 362 g/mol. The van der Waals surface area contributed by atoms with Gasteiger partial charge in [0.25, 0.3) is 5.91 Å². The van der Waals surface area contributed by atoms with Crippen molar-refractivity contribution in [3.63, 3.8) is 0 Å². The minimum absolute atomic E-state index is 0.276. The molecule has 2 amide bonds. The lowest BCUT2D eigenvalue weighted by molar-refractivity contribution is -0.122. The number of hydrogen-bond donors (Lipinski definition) is 2. The summed E-state index contributed by atoms with van der Waals surface area (Å²) < 4.78 is 5.46. The second-order valence-electron chi connectivity index (χ2n) is 4.08. The number of benzene rings is 1. The molecule has 0 aliphatic heterocycles. The molecule has 1 unspecified atom stereocenters. The van der Waals surface area contributed by atoms with E-state index in [9.17, 15) is 9.59 Å². The molecule has 0 aliphatic carbocycles. The summed E-state index contributed by atoms with van der Waals surface area (Å²) in [6, 6.07) is 4.38. The van der Waals surface area contributed by atoms with Gasteiger partial charge in [-0.1, -0.05) is 17.7 Å². The Labute approximate surface area is 131 Å². The van der Waals surface area contributed by atoms with E-state index >= 15 is 0 Å². The van der Waals surface area contributed by atoms with E-state index in [0.29, 0.717) is 28.2 Å². The van der Waals surface area contributed by atoms with Gasteiger partial charge in [-0.3, -0.25) is 9.59 Å². The van der Waals surface area contributed by atoms with Crippen LogP contribution in [0.2, 0.25) is 5.02 Å². The fourth-order valence-corrected chi connectivity index (χ4v) is 2.03. The molecule has 0 aromatic heterocycles. The Bertz CT molecular complexity index is 497. The van der Waals surface area contributed by atoms with Crippen molar-refractivity contribution in [3.05, 3.63) is 33.3 Å². The Kier molecular flexibility index (Phi) is 6.98. The molecule has 0 heterocycles. The number of carbonyl (C=O) groups is 2. The third kappa shape index (κ3) is 4.77. The number of nitrogens with one attached hydrogen (secondary N) is 2. The number of amides is 2. The highest BCUT2D eigenvalue weighted by atomic mass is 79.9. The van der Waals surface area contributed by atoms with Crippen molar-refractivity contribution in [2.24, 2.45) is 0 Å². The molecule has 0 spiro atoms. The molecule has 1 rings (SSSR count). The maximum absolute atomic E-state index is 12.0. The summed E-state index contributed by atoms with van der Waals surface area (Å²) in [7, 11) is 1.55. The summed E-state index contributed by atoms with van der Waals surface area (Å²) in [5.41, 5.74) is 0.317. The van der Waals surface area contributed by atoms with Crippen LogP contribution in [-0.2, 0) is 9.53 Å². The van der Waals surface area contributed by atoms with Gasteiger partial charge in [-0.05, 0) is 35.0 Å². The van der Waals surface area contributed by atoms with Crippen molar-refractivity contribution in [2.75, 3.05) is 20.3 Å². The van der Waals surface area contributed by atoms with Gasteiger partial charge >= 0.3 is 0 Å². The molecule has 1 aromatic carbocycles. The van der Waals surface area contributed by atoms with E-state index in [4.69, 9.17) is 16.3 Å². The van der Waals surface area contributed by atoms with Crippen LogP contribution < -0.4 is 10.6 Å². The van der Waals surface area contributed by atoms with Crippen LogP contribution in [0, 0.1) is 0 Å². The van der Waals surface area contributed by atoms with Crippen LogP contribution in [0.25, 0.3) is 0 Å². The molecule has 1 aromatic rings. The van der Waals surface area contributed by atoms with Crippen molar-refractivity contribution in [1.29, 1.82) is 0 Å². The van der Waals surface area contributed by atoms with Crippen LogP contribution in [0.3, 0.4) is 0 Å². The van der Waals surface area contributed by atoms with E-state index in [1.54, 1.807) is 32.2 Å². The second kappa shape index (κ2) is 8.24. The van der Waals surface area contributed by atoms with E-state index in [-0.39, 0.29) is 5.91 Å². The molecule has 20 heavy (non-hydrogen) atoms. The first-order chi connectivity index (χ1) is 9.47. The zero-order valence-electron chi connectivity index (χ0n) is 11.2. The van der Waals surface area contributed by atoms with Crippen molar-refractivity contribution < 1.29 is 14.3 Å². The largest absolute Gasteiger partial charge is 0.383 e. The molecule has 0 aliphatic rings. The Morgan fingerprint density at radius 2 is 2.15 bits per heavy atom. The Morgan fingerprint density at radius 1 is 1.45 bits per heavy atom. The lowest BCUT2D eigenvalue weighted by Crippen LogP contribution is -2.45. The molecule has 0 radical (unpaired) electrons. The third-order valence-electron chi connectivity index (χ3n) is 2.54. The summed E-state index contributed by atoms with van der Waals surface area (Å²) in [5, 5.41) is 5.56. The van der Waals surface area contributed by atoms with Gasteiger partial charge in [-0.2, -0.15) is 0 Å². The van der Waals surface area contributed by atoms with Crippen LogP contribution in [0.5, 0.6) is 0 Å². The van der Waals surface area contributed by atoms with Crippen molar-refractivity contribution in [1.82, 2.24) is 10.6 Å². The minimum Gasteiger partial charge on any atom is -0.383 e. The number of ether oxygens (including phenoxy) is 1. The average molecular weight is 364 g/mol. The molecule has 5 nitrogen and oxygen atoms in total. The fraction of sp³-hybridized carbons (Fsp3) is 0.385. The van der Waals surface area contributed by atoms with Crippen molar-refractivity contribution >= 4 is 39.3 Å². The molecular formula is C13H16BrClN2O3. The van der Waals surface area contributed by atoms with E-state index in [1.807, 2.05) is 0 Å². The molecule has 0 fully saturated rings. The quantitative estimate of drug-likeness (QED) is 0.760. The lowest BCUT2D eigenvalue weighted by atomic mass is 10.2. The van der Waals surface area contributed by atoms with Gasteiger partial charge in [0.2, 0.25) is 5.91 Å². The molecule has 110 valence electrons. The summed E-state index contributed by atoms with van der Waals surface area (Å²) in [4.78, 5) is 23.8. The molecule has 0 saturated heterocycles. The predicted octanol–water partition coefficient (Wildman–Crippen LogP) is 1.98. The summed E-state index contributed by atoms with van der Waals surface area (Å²) in [6.07, 6.45) is 0. The smallest absolute Gasteiger partial charge is 0.253 e. The highest BCUT2D eigenvalue weighted by molar-refractivity contribution is 9.10. The van der Waals surface area contributed by atoms with Gasteiger partial charge in [0, 0.05) is 18.1 Å². The summed E-state index contributed by atoms with van der Waals surface area (Å²) >= 11 is 9.28. The van der Waals surface area contributed by atoms with Gasteiger partial charge in [0.1, 0.15) is 6.04 Å². The normalized spacial score (nSPS) is 11.8. The van der Waals surface area contributed by atoms with Crippen molar-refractivity contribution in [2.45, 2.75) is 13.0 Å². The number of rotatable bonds is 6. The highest BCUT2D eigenvalue weighted by Gasteiger charge is 2.18. The van der Waals surface area contributed by atoms with Crippen LogP contribution >= 0.6 is 27.5 Å². The third-order valence-corrected chi connectivity index (χ3v) is 3.84. The van der Waals surface area contributed by atoms with Crippen LogP contribution in [0.1, 0.15) is 17.3 Å². The lowest BCUT2D eigenvalue weighted by Gasteiger charge is -2.14. The molecule has 7 heteroatoms. The molecule has 0 bridgehead atoms. The zero-order valence-corrected chi connectivity index (χ0v) is 13.5. The zero-order chi connectivity index (χ0) is 15.1. The Morgan fingerprint density at radius 3 is 2.80 bits per heavy atom. The minimum atomic E-state index is -0.658. The number of carbonyl (C=O) groups excluding carboxylic acids is 2. The number of methoxy groups -OCH3 is 1. The van der Waals surface area contributed by atoms with Gasteiger partial charge < -0.3 is 15.4 Å². The fourth-order valence-electron chi connectivity index (χ4n) is 1.45. The maximum atomic E-state index is 12.0. The number of halogens is 2. The van der Waals surface area contributed by atoms with Crippen LogP contribution in [0.4, 0.5) is 0 Å². The van der Waals surface area contributed by atoms with E-state index in [2.05, 4.69) is 26.6 Å². The first-order valence-electron chi connectivity index (χ1n) is 5.99. The summed E-state index contributed by atoms with van der Waals surface area (Å²) in [5.74, 6) is -0.674. The highest BCUT2D eigenvalue weighted by Crippen LogP contribution is 2.25. The Hall–Kier alpha value is -1.11. The van der Waals surface area contributed by atoms with Crippen LogP contribution in [0.15, 0.2) is 22.7 Å². The van der Waals surface area contributed by atoms with Gasteiger partial charge in [0.15, 0.2) is 0 Å². The van der Waals surface area contributed by atoms with E-state index < -0.39 is 11.9 Å². The van der Waals surface area contributed by atoms with Gasteiger partial charge in [-0.25, -0.2) is 0 Å². The summed E-state index contributed by atoms with van der Waals surface area (Å²) in [6.45, 7) is 2.42. The topological polar surface area (TPSA) is 67.4 Å². The number of hydrogen-bond acceptors (Lipinski definition) is 3. The van der Waals surface area contributed by atoms with E-state index in [1.165, 1.54) is 0 Å². The standard InChI is InChI=1S/C13H16BrClN2O3/c1-8(12(18)16-6-7-20-2)17-13(19)9-4-3-5-10(14)11(9)15/h3-5,8H,6-7H2,1-2H3,(H,16,18)(H,17,19). The molecule has 0 saturated carbocycles. The molecule has 1 atom stereocenters. The van der Waals surface area contributed by atoms with Gasteiger partial charge in [0.05, 0.1) is 17.2 Å². The second-order valence-corrected chi connectivity index (χ2v) is 5.31. The first-order valence-corrected chi connectivity index (χ1v) is 7.16. The predicted molar refractivity (Wildman–Crippen MR) is 81.0 cm³/mol. The maximum Gasteiger partial charge on any atom is 0.253 e. The SMILES string of the molecule is COCCNC(=O)C(C)NC(=O)c1cccc(Br)c1Cl. The first kappa shape index (κ1) is 16.9. The molecule has 2 N–H and O–H groups in total. The average Bonchev–Trinajstić information content (AvgIpc) is 2.41. The van der Waals surface area contributed by atoms with E-state index in [0.717, 1.165) is 0 Å². The van der Waals surface area contributed by atoms with Gasteiger partial charge in [-0.15, -0.1) is 0 Å². The Balaban J connectivity index is 2.61.